The van der Waals surface area contributed by atoms with Crippen LogP contribution in [0.5, 0.6) is 17.2 Å². The average molecular weight is 496 g/mol. The third kappa shape index (κ3) is 7.31. The predicted octanol–water partition coefficient (Wildman–Crippen LogP) is 3.46. The van der Waals surface area contributed by atoms with Crippen molar-refractivity contribution in [1.29, 1.82) is 0 Å². The van der Waals surface area contributed by atoms with E-state index in [9.17, 15) is 14.4 Å². The Bertz CT molecular complexity index is 1230. The molecule has 0 aliphatic carbocycles. The van der Waals surface area contributed by atoms with E-state index in [0.29, 0.717) is 33.2 Å². The van der Waals surface area contributed by atoms with Crippen LogP contribution in [0.2, 0.25) is 5.02 Å². The lowest BCUT2D eigenvalue weighted by Gasteiger charge is -2.10. The summed E-state index contributed by atoms with van der Waals surface area (Å²) in [7, 11) is 2.97. The molecule has 0 aromatic heterocycles. The van der Waals surface area contributed by atoms with Crippen LogP contribution in [0.25, 0.3) is 0 Å². The minimum absolute atomic E-state index is 0.222. The molecule has 0 aliphatic rings. The summed E-state index contributed by atoms with van der Waals surface area (Å²) in [5.74, 6) is -0.332. The van der Waals surface area contributed by atoms with E-state index in [1.807, 2.05) is 0 Å². The van der Waals surface area contributed by atoms with Gasteiger partial charge in [0.2, 0.25) is 0 Å². The molecule has 2 N–H and O–H groups in total. The Hall–Kier alpha value is -4.37. The van der Waals surface area contributed by atoms with Gasteiger partial charge >= 0.3 is 5.97 Å². The molecule has 0 atom stereocenters. The van der Waals surface area contributed by atoms with Crippen molar-refractivity contribution >= 4 is 35.6 Å². The number of nitrogens with one attached hydrogen (secondary N) is 2. The molecule has 0 spiro atoms. The number of hydrogen-bond acceptors (Lipinski definition) is 7. The second-order valence-corrected chi connectivity index (χ2v) is 7.45. The number of benzene rings is 3. The summed E-state index contributed by atoms with van der Waals surface area (Å²) < 4.78 is 15.8. The van der Waals surface area contributed by atoms with E-state index in [-0.39, 0.29) is 12.3 Å². The fourth-order valence-electron chi connectivity index (χ4n) is 2.82. The molecule has 10 heteroatoms. The van der Waals surface area contributed by atoms with Gasteiger partial charge in [-0.15, -0.1) is 0 Å². The molecule has 0 unspecified atom stereocenters. The van der Waals surface area contributed by atoms with Gasteiger partial charge in [-0.25, -0.2) is 10.2 Å². The van der Waals surface area contributed by atoms with E-state index in [1.54, 1.807) is 66.7 Å². The standard InChI is InChI=1S/C25H22ClN3O6/c1-33-20-10-6-18(7-11-20)25(32)35-21-12-3-16(13-22(21)34-2)14-28-29-23(30)15-27-24(31)17-4-8-19(26)9-5-17/h3-14H,15H2,1-2H3,(H,27,31)(H,29,30)/b28-14+. The number of halogens is 1. The molecule has 3 rings (SSSR count). The van der Waals surface area contributed by atoms with Gasteiger partial charge in [0.05, 0.1) is 32.5 Å². The molecular formula is C25H22ClN3O6. The number of rotatable bonds is 9. The highest BCUT2D eigenvalue weighted by Gasteiger charge is 2.13. The molecule has 0 heterocycles. The second kappa shape index (κ2) is 12.2. The van der Waals surface area contributed by atoms with Crippen molar-refractivity contribution in [1.82, 2.24) is 10.7 Å². The number of ether oxygens (including phenoxy) is 3. The van der Waals surface area contributed by atoms with Gasteiger partial charge in [-0.1, -0.05) is 11.6 Å². The fraction of sp³-hybridized carbons (Fsp3) is 0.120. The third-order valence-corrected chi connectivity index (χ3v) is 4.89. The van der Waals surface area contributed by atoms with Crippen molar-refractivity contribution in [2.75, 3.05) is 20.8 Å². The third-order valence-electron chi connectivity index (χ3n) is 4.63. The molecule has 0 fully saturated rings. The van der Waals surface area contributed by atoms with Crippen LogP contribution in [0.15, 0.2) is 71.8 Å². The smallest absolute Gasteiger partial charge is 0.343 e. The maximum atomic E-state index is 12.4. The lowest BCUT2D eigenvalue weighted by atomic mass is 10.2. The largest absolute Gasteiger partial charge is 0.497 e. The molecule has 180 valence electrons. The maximum Gasteiger partial charge on any atom is 0.343 e. The van der Waals surface area contributed by atoms with Gasteiger partial charge in [-0.3, -0.25) is 9.59 Å². The van der Waals surface area contributed by atoms with Crippen LogP contribution in [0.4, 0.5) is 0 Å². The number of carbonyl (C=O) groups excluding carboxylic acids is 3. The number of hydrogen-bond donors (Lipinski definition) is 2. The van der Waals surface area contributed by atoms with Gasteiger partial charge in [-0.05, 0) is 72.3 Å². The van der Waals surface area contributed by atoms with Crippen LogP contribution in [0.3, 0.4) is 0 Å². The first-order valence-electron chi connectivity index (χ1n) is 10.3. The van der Waals surface area contributed by atoms with Gasteiger partial charge in [-0.2, -0.15) is 5.10 Å². The Labute approximate surface area is 206 Å². The predicted molar refractivity (Wildman–Crippen MR) is 130 cm³/mol. The van der Waals surface area contributed by atoms with Gasteiger partial charge in [0.1, 0.15) is 5.75 Å². The minimum Gasteiger partial charge on any atom is -0.497 e. The van der Waals surface area contributed by atoms with Crippen LogP contribution >= 0.6 is 11.6 Å². The number of amides is 2. The Balaban J connectivity index is 1.53. The Morgan fingerprint density at radius 3 is 2.23 bits per heavy atom. The second-order valence-electron chi connectivity index (χ2n) is 7.01. The lowest BCUT2D eigenvalue weighted by molar-refractivity contribution is -0.120. The van der Waals surface area contributed by atoms with Crippen molar-refractivity contribution in [2.45, 2.75) is 0 Å². The number of nitrogens with zero attached hydrogens (tertiary/aromatic N) is 1. The number of carbonyl (C=O) groups is 3. The summed E-state index contributed by atoms with van der Waals surface area (Å²) in [5.41, 5.74) is 3.63. The molecule has 35 heavy (non-hydrogen) atoms. The van der Waals surface area contributed by atoms with Crippen molar-refractivity contribution in [3.63, 3.8) is 0 Å². The highest BCUT2D eigenvalue weighted by Crippen LogP contribution is 2.28. The normalized spacial score (nSPS) is 10.5. The summed E-state index contributed by atoms with van der Waals surface area (Å²) in [5, 5.41) is 6.86. The van der Waals surface area contributed by atoms with Crippen LogP contribution in [-0.4, -0.2) is 44.8 Å². The molecule has 3 aromatic carbocycles. The molecule has 0 aliphatic heterocycles. The summed E-state index contributed by atoms with van der Waals surface area (Å²) in [4.78, 5) is 36.4. The van der Waals surface area contributed by atoms with Crippen LogP contribution in [0, 0.1) is 0 Å². The Kier molecular flexibility index (Phi) is 8.80. The monoisotopic (exact) mass is 495 g/mol. The molecule has 0 bridgehead atoms. The van der Waals surface area contributed by atoms with Crippen molar-refractivity contribution in [3.05, 3.63) is 88.4 Å². The summed E-state index contributed by atoms with van der Waals surface area (Å²) >= 11 is 5.79. The summed E-state index contributed by atoms with van der Waals surface area (Å²) in [6.07, 6.45) is 1.39. The molecule has 2 amide bonds. The lowest BCUT2D eigenvalue weighted by Crippen LogP contribution is -2.34. The van der Waals surface area contributed by atoms with Gasteiger partial charge in [0.15, 0.2) is 11.5 Å². The number of esters is 1. The first-order valence-corrected chi connectivity index (χ1v) is 10.7. The highest BCUT2D eigenvalue weighted by atomic mass is 35.5. The van der Waals surface area contributed by atoms with E-state index in [0.717, 1.165) is 0 Å². The van der Waals surface area contributed by atoms with Crippen molar-refractivity contribution in [3.8, 4) is 17.2 Å². The fourth-order valence-corrected chi connectivity index (χ4v) is 2.94. The average Bonchev–Trinajstić information content (AvgIpc) is 2.88. The maximum absolute atomic E-state index is 12.4. The van der Waals surface area contributed by atoms with Crippen molar-refractivity contribution in [2.24, 2.45) is 5.10 Å². The topological polar surface area (TPSA) is 115 Å². The minimum atomic E-state index is -0.555. The molecule has 0 saturated carbocycles. The highest BCUT2D eigenvalue weighted by molar-refractivity contribution is 6.30. The number of hydrazone groups is 1. The zero-order chi connectivity index (χ0) is 25.2. The Morgan fingerprint density at radius 1 is 0.886 bits per heavy atom. The SMILES string of the molecule is COc1ccc(C(=O)Oc2ccc(/C=N/NC(=O)CNC(=O)c3ccc(Cl)cc3)cc2OC)cc1. The first kappa shape index (κ1) is 25.3. The van der Waals surface area contributed by atoms with Gasteiger partial charge < -0.3 is 19.5 Å². The van der Waals surface area contributed by atoms with E-state index in [4.69, 9.17) is 25.8 Å². The summed E-state index contributed by atoms with van der Waals surface area (Å²) in [6.45, 7) is -0.262. The van der Waals surface area contributed by atoms with Crippen molar-refractivity contribution < 1.29 is 28.6 Å². The molecule has 0 radical (unpaired) electrons. The summed E-state index contributed by atoms with van der Waals surface area (Å²) in [6, 6.07) is 17.6. The molecule has 0 saturated heterocycles. The molecular weight excluding hydrogens is 474 g/mol. The van der Waals surface area contributed by atoms with E-state index < -0.39 is 17.8 Å². The van der Waals surface area contributed by atoms with E-state index >= 15 is 0 Å². The van der Waals surface area contributed by atoms with Crippen LogP contribution < -0.4 is 25.0 Å². The van der Waals surface area contributed by atoms with Crippen LogP contribution in [-0.2, 0) is 4.79 Å². The first-order chi connectivity index (χ1) is 16.9. The van der Waals surface area contributed by atoms with E-state index in [1.165, 1.54) is 20.4 Å². The van der Waals surface area contributed by atoms with Gasteiger partial charge in [0, 0.05) is 10.6 Å². The quantitative estimate of drug-likeness (QED) is 0.203. The molecule has 3 aromatic rings. The zero-order valence-electron chi connectivity index (χ0n) is 18.9. The van der Waals surface area contributed by atoms with Crippen LogP contribution in [0.1, 0.15) is 26.3 Å². The van der Waals surface area contributed by atoms with E-state index in [2.05, 4.69) is 15.8 Å². The molecule has 9 nitrogen and oxygen atoms in total. The Morgan fingerprint density at radius 2 is 1.57 bits per heavy atom. The zero-order valence-corrected chi connectivity index (χ0v) is 19.7. The van der Waals surface area contributed by atoms with Gasteiger partial charge in [0.25, 0.3) is 11.8 Å². The number of methoxy groups -OCH3 is 2.